The molecule has 3 rings (SSSR count). The van der Waals surface area contributed by atoms with Crippen molar-refractivity contribution >= 4 is 22.6 Å². The van der Waals surface area contributed by atoms with Gasteiger partial charge in [-0.3, -0.25) is 4.79 Å². The van der Waals surface area contributed by atoms with Gasteiger partial charge in [-0.15, -0.1) is 0 Å². The summed E-state index contributed by atoms with van der Waals surface area (Å²) >= 11 is 0. The number of benzene rings is 1. The Kier molecular flexibility index (Phi) is 3.22. The van der Waals surface area contributed by atoms with Crippen molar-refractivity contribution < 1.29 is 4.79 Å². The summed E-state index contributed by atoms with van der Waals surface area (Å²) in [7, 11) is 0. The molecule has 106 valence electrons. The topological polar surface area (TPSA) is 57.8 Å². The van der Waals surface area contributed by atoms with E-state index in [1.165, 1.54) is 5.56 Å². The van der Waals surface area contributed by atoms with Crippen molar-refractivity contribution in [2.24, 2.45) is 0 Å². The Hall–Kier alpha value is -2.62. The Morgan fingerprint density at radius 2 is 1.95 bits per heavy atom. The molecule has 0 aliphatic carbocycles. The van der Waals surface area contributed by atoms with E-state index in [2.05, 4.69) is 22.2 Å². The van der Waals surface area contributed by atoms with Crippen molar-refractivity contribution in [1.82, 2.24) is 9.97 Å². The number of nitrogens with one attached hydrogen (secondary N) is 2. The van der Waals surface area contributed by atoms with Crippen LogP contribution in [0.2, 0.25) is 0 Å². The minimum absolute atomic E-state index is 0.145. The molecule has 4 nitrogen and oxygen atoms in total. The molecule has 3 aromatic rings. The molecule has 0 spiro atoms. The standard InChI is InChI=1S/C17H17N3O/c1-10-6-7-18-16(8-10)20-17(21)13-4-5-15-14(9-13)11(2)12(3)19-15/h4-9,19H,1-3H3,(H,18,20,21). The molecule has 4 heteroatoms. The molecule has 0 aliphatic rings. The summed E-state index contributed by atoms with van der Waals surface area (Å²) in [6, 6.07) is 9.42. The van der Waals surface area contributed by atoms with E-state index in [9.17, 15) is 4.79 Å². The Morgan fingerprint density at radius 3 is 2.71 bits per heavy atom. The summed E-state index contributed by atoms with van der Waals surface area (Å²) in [5.74, 6) is 0.426. The van der Waals surface area contributed by atoms with Crippen LogP contribution in [0.3, 0.4) is 0 Å². The quantitative estimate of drug-likeness (QED) is 0.750. The van der Waals surface area contributed by atoms with E-state index in [-0.39, 0.29) is 5.91 Å². The molecule has 1 aromatic carbocycles. The lowest BCUT2D eigenvalue weighted by Gasteiger charge is -2.05. The molecule has 0 radical (unpaired) electrons. The van der Waals surface area contributed by atoms with E-state index in [0.29, 0.717) is 11.4 Å². The van der Waals surface area contributed by atoms with E-state index in [1.54, 1.807) is 6.20 Å². The number of carbonyl (C=O) groups excluding carboxylic acids is 1. The third-order valence-electron chi connectivity index (χ3n) is 3.73. The zero-order chi connectivity index (χ0) is 15.0. The summed E-state index contributed by atoms with van der Waals surface area (Å²) in [6.45, 7) is 6.05. The van der Waals surface area contributed by atoms with E-state index in [1.807, 2.05) is 44.2 Å². The van der Waals surface area contributed by atoms with Gasteiger partial charge in [-0.25, -0.2) is 4.98 Å². The maximum Gasteiger partial charge on any atom is 0.256 e. The number of anilines is 1. The minimum atomic E-state index is -0.145. The van der Waals surface area contributed by atoms with E-state index < -0.39 is 0 Å². The molecule has 0 fully saturated rings. The van der Waals surface area contributed by atoms with Gasteiger partial charge < -0.3 is 10.3 Å². The monoisotopic (exact) mass is 279 g/mol. The van der Waals surface area contributed by atoms with Crippen LogP contribution >= 0.6 is 0 Å². The van der Waals surface area contributed by atoms with Crippen LogP contribution in [0.25, 0.3) is 10.9 Å². The highest BCUT2D eigenvalue weighted by Crippen LogP contribution is 2.22. The molecule has 0 bridgehead atoms. The van der Waals surface area contributed by atoms with Crippen molar-refractivity contribution in [3.05, 3.63) is 58.9 Å². The normalized spacial score (nSPS) is 10.8. The van der Waals surface area contributed by atoms with Crippen molar-refractivity contribution in [1.29, 1.82) is 0 Å². The first-order valence-electron chi connectivity index (χ1n) is 6.87. The molecule has 1 amide bonds. The van der Waals surface area contributed by atoms with Crippen molar-refractivity contribution in [2.45, 2.75) is 20.8 Å². The second-order valence-electron chi connectivity index (χ2n) is 5.31. The van der Waals surface area contributed by atoms with Gasteiger partial charge in [0.2, 0.25) is 0 Å². The summed E-state index contributed by atoms with van der Waals surface area (Å²) < 4.78 is 0. The summed E-state index contributed by atoms with van der Waals surface area (Å²) in [6.07, 6.45) is 1.69. The lowest BCUT2D eigenvalue weighted by atomic mass is 10.1. The SMILES string of the molecule is Cc1ccnc(NC(=O)c2ccc3[nH]c(C)c(C)c3c2)c1. The van der Waals surface area contributed by atoms with Crippen LogP contribution in [-0.4, -0.2) is 15.9 Å². The fourth-order valence-electron chi connectivity index (χ4n) is 2.40. The molecular formula is C17H17N3O. The highest BCUT2D eigenvalue weighted by Gasteiger charge is 2.10. The number of pyridine rings is 1. The second-order valence-corrected chi connectivity index (χ2v) is 5.31. The first-order chi connectivity index (χ1) is 10.0. The van der Waals surface area contributed by atoms with Gasteiger partial charge >= 0.3 is 0 Å². The number of aryl methyl sites for hydroxylation is 3. The minimum Gasteiger partial charge on any atom is -0.358 e. The second kappa shape index (κ2) is 5.05. The fraction of sp³-hybridized carbons (Fsp3) is 0.176. The maximum atomic E-state index is 12.3. The van der Waals surface area contributed by atoms with Crippen LogP contribution in [0.4, 0.5) is 5.82 Å². The number of hydrogen-bond donors (Lipinski definition) is 2. The summed E-state index contributed by atoms with van der Waals surface area (Å²) in [5, 5.41) is 3.91. The van der Waals surface area contributed by atoms with Crippen molar-refractivity contribution in [3.8, 4) is 0 Å². The van der Waals surface area contributed by atoms with Crippen molar-refractivity contribution in [2.75, 3.05) is 5.32 Å². The number of aromatic nitrogens is 2. The number of amides is 1. The molecule has 2 aromatic heterocycles. The smallest absolute Gasteiger partial charge is 0.256 e. The molecule has 21 heavy (non-hydrogen) atoms. The van der Waals surface area contributed by atoms with Crippen LogP contribution in [-0.2, 0) is 0 Å². The maximum absolute atomic E-state index is 12.3. The third kappa shape index (κ3) is 2.52. The number of nitrogens with zero attached hydrogens (tertiary/aromatic N) is 1. The molecule has 0 saturated carbocycles. The van der Waals surface area contributed by atoms with Crippen molar-refractivity contribution in [3.63, 3.8) is 0 Å². The van der Waals surface area contributed by atoms with Crippen LogP contribution in [0.5, 0.6) is 0 Å². The molecule has 2 N–H and O–H groups in total. The Balaban J connectivity index is 1.92. The van der Waals surface area contributed by atoms with Crippen LogP contribution < -0.4 is 5.32 Å². The Labute approximate surface area is 123 Å². The highest BCUT2D eigenvalue weighted by atomic mass is 16.1. The number of rotatable bonds is 2. The Morgan fingerprint density at radius 1 is 1.14 bits per heavy atom. The fourth-order valence-corrected chi connectivity index (χ4v) is 2.40. The van der Waals surface area contributed by atoms with Gasteiger partial charge in [-0.05, 0) is 62.2 Å². The largest absolute Gasteiger partial charge is 0.358 e. The average molecular weight is 279 g/mol. The summed E-state index contributed by atoms with van der Waals surface area (Å²) in [4.78, 5) is 19.8. The average Bonchev–Trinajstić information content (AvgIpc) is 2.74. The van der Waals surface area contributed by atoms with Gasteiger partial charge in [-0.2, -0.15) is 0 Å². The number of carbonyl (C=O) groups is 1. The molecule has 0 saturated heterocycles. The predicted octanol–water partition coefficient (Wildman–Crippen LogP) is 3.74. The number of hydrogen-bond acceptors (Lipinski definition) is 2. The molecule has 0 unspecified atom stereocenters. The number of fused-ring (bicyclic) bond motifs is 1. The van der Waals surface area contributed by atoms with Crippen LogP contribution in [0.1, 0.15) is 27.2 Å². The van der Waals surface area contributed by atoms with Crippen LogP contribution in [0, 0.1) is 20.8 Å². The first-order valence-corrected chi connectivity index (χ1v) is 6.87. The first kappa shape index (κ1) is 13.4. The molecule has 0 aliphatic heterocycles. The zero-order valence-corrected chi connectivity index (χ0v) is 12.3. The van der Waals surface area contributed by atoms with Gasteiger partial charge in [0.1, 0.15) is 5.82 Å². The van der Waals surface area contributed by atoms with Gasteiger partial charge in [0.15, 0.2) is 0 Å². The number of aromatic amines is 1. The van der Waals surface area contributed by atoms with Gasteiger partial charge in [-0.1, -0.05) is 0 Å². The van der Waals surface area contributed by atoms with Gasteiger partial charge in [0.05, 0.1) is 0 Å². The summed E-state index contributed by atoms with van der Waals surface area (Å²) in [5.41, 5.74) is 5.05. The van der Waals surface area contributed by atoms with E-state index in [0.717, 1.165) is 22.2 Å². The predicted molar refractivity (Wildman–Crippen MR) is 84.7 cm³/mol. The lowest BCUT2D eigenvalue weighted by molar-refractivity contribution is 0.102. The molecule has 0 atom stereocenters. The zero-order valence-electron chi connectivity index (χ0n) is 12.3. The Bertz CT molecular complexity index is 833. The van der Waals surface area contributed by atoms with Crippen LogP contribution in [0.15, 0.2) is 36.5 Å². The third-order valence-corrected chi connectivity index (χ3v) is 3.73. The van der Waals surface area contributed by atoms with Gasteiger partial charge in [0, 0.05) is 28.4 Å². The van der Waals surface area contributed by atoms with E-state index in [4.69, 9.17) is 0 Å². The molecular weight excluding hydrogens is 262 g/mol. The highest BCUT2D eigenvalue weighted by molar-refractivity contribution is 6.06. The molecule has 2 heterocycles. The lowest BCUT2D eigenvalue weighted by Crippen LogP contribution is -2.12. The van der Waals surface area contributed by atoms with E-state index >= 15 is 0 Å². The number of H-pyrrole nitrogens is 1. The van der Waals surface area contributed by atoms with Gasteiger partial charge in [0.25, 0.3) is 5.91 Å².